The topological polar surface area (TPSA) is 67.3 Å². The van der Waals surface area contributed by atoms with Gasteiger partial charge in [0.2, 0.25) is 0 Å². The van der Waals surface area contributed by atoms with Crippen molar-refractivity contribution in [3.63, 3.8) is 0 Å². The SMILES string of the molecule is CC(C)(C)OC(=O)N1Cc2[nH]n(C3CC3)c(=O)c2C1. The number of amides is 1. The van der Waals surface area contributed by atoms with Crippen LogP contribution in [0.3, 0.4) is 0 Å². The molecule has 1 saturated carbocycles. The van der Waals surface area contributed by atoms with E-state index in [0.29, 0.717) is 24.7 Å². The second kappa shape index (κ2) is 3.88. The third-order valence-electron chi connectivity index (χ3n) is 3.36. The van der Waals surface area contributed by atoms with Crippen molar-refractivity contribution in [3.05, 3.63) is 21.6 Å². The zero-order valence-corrected chi connectivity index (χ0v) is 11.5. The van der Waals surface area contributed by atoms with Crippen molar-refractivity contribution in [3.8, 4) is 0 Å². The van der Waals surface area contributed by atoms with Crippen molar-refractivity contribution < 1.29 is 9.53 Å². The molecule has 6 heteroatoms. The monoisotopic (exact) mass is 265 g/mol. The standard InChI is InChI=1S/C13H19N3O3/c1-13(2,3)19-12(18)15-6-9-10(7-15)14-16(11(9)17)8-4-5-8/h8,14H,4-7H2,1-3H3. The number of rotatable bonds is 1. The first-order valence-electron chi connectivity index (χ1n) is 6.65. The molecule has 1 fully saturated rings. The van der Waals surface area contributed by atoms with E-state index >= 15 is 0 Å². The zero-order chi connectivity index (χ0) is 13.8. The maximum Gasteiger partial charge on any atom is 0.410 e. The molecule has 0 bridgehead atoms. The molecule has 0 atom stereocenters. The number of nitrogens with one attached hydrogen (secondary N) is 1. The van der Waals surface area contributed by atoms with Crippen LogP contribution in [-0.4, -0.2) is 26.4 Å². The summed E-state index contributed by atoms with van der Waals surface area (Å²) in [5.41, 5.74) is 1.06. The van der Waals surface area contributed by atoms with Crippen LogP contribution in [0.1, 0.15) is 50.9 Å². The minimum atomic E-state index is -0.512. The molecule has 0 saturated heterocycles. The van der Waals surface area contributed by atoms with E-state index in [2.05, 4.69) is 5.10 Å². The van der Waals surface area contributed by atoms with Crippen molar-refractivity contribution >= 4 is 6.09 Å². The van der Waals surface area contributed by atoms with Crippen LogP contribution in [0.2, 0.25) is 0 Å². The Morgan fingerprint density at radius 1 is 1.32 bits per heavy atom. The molecular formula is C13H19N3O3. The molecule has 1 amide bonds. The van der Waals surface area contributed by atoms with Crippen LogP contribution < -0.4 is 5.56 Å². The highest BCUT2D eigenvalue weighted by molar-refractivity contribution is 5.69. The third-order valence-corrected chi connectivity index (χ3v) is 3.36. The lowest BCUT2D eigenvalue weighted by molar-refractivity contribution is 0.0238. The summed E-state index contributed by atoms with van der Waals surface area (Å²) in [6.07, 6.45) is 1.76. The first-order valence-corrected chi connectivity index (χ1v) is 6.65. The van der Waals surface area contributed by atoms with Crippen molar-refractivity contribution in [2.45, 2.75) is 58.3 Å². The maximum atomic E-state index is 12.1. The van der Waals surface area contributed by atoms with Crippen molar-refractivity contribution in [2.75, 3.05) is 0 Å². The number of hydrogen-bond acceptors (Lipinski definition) is 3. The van der Waals surface area contributed by atoms with Crippen LogP contribution in [0, 0.1) is 0 Å². The van der Waals surface area contributed by atoms with Gasteiger partial charge in [-0.3, -0.25) is 14.8 Å². The van der Waals surface area contributed by atoms with Gasteiger partial charge in [0.05, 0.1) is 30.4 Å². The molecule has 1 aliphatic heterocycles. The van der Waals surface area contributed by atoms with Crippen LogP contribution >= 0.6 is 0 Å². The third kappa shape index (κ3) is 2.27. The summed E-state index contributed by atoms with van der Waals surface area (Å²) in [6, 6.07) is 0.341. The van der Waals surface area contributed by atoms with Crippen LogP contribution in [0.5, 0.6) is 0 Å². The molecule has 0 aromatic carbocycles. The molecule has 0 radical (unpaired) electrons. The average Bonchev–Trinajstić information content (AvgIpc) is 2.95. The first kappa shape index (κ1) is 12.3. The maximum absolute atomic E-state index is 12.1. The Balaban J connectivity index is 1.74. The summed E-state index contributed by atoms with van der Waals surface area (Å²) >= 11 is 0. The minimum absolute atomic E-state index is 0.0172. The summed E-state index contributed by atoms with van der Waals surface area (Å²) < 4.78 is 7.02. The van der Waals surface area contributed by atoms with E-state index < -0.39 is 5.60 Å². The lowest BCUT2D eigenvalue weighted by Gasteiger charge is -2.24. The van der Waals surface area contributed by atoms with E-state index in [9.17, 15) is 9.59 Å². The number of aromatic nitrogens is 2. The second-order valence-electron chi connectivity index (χ2n) is 6.31. The largest absolute Gasteiger partial charge is 0.444 e. The number of ether oxygens (including phenoxy) is 1. The van der Waals surface area contributed by atoms with Crippen LogP contribution in [0.25, 0.3) is 0 Å². The van der Waals surface area contributed by atoms with Gasteiger partial charge in [-0.05, 0) is 33.6 Å². The lowest BCUT2D eigenvalue weighted by Crippen LogP contribution is -2.34. The van der Waals surface area contributed by atoms with Gasteiger partial charge in [0, 0.05) is 0 Å². The fourth-order valence-corrected chi connectivity index (χ4v) is 2.32. The number of H-pyrrole nitrogens is 1. The first-order chi connectivity index (χ1) is 8.85. The lowest BCUT2D eigenvalue weighted by atomic mass is 10.2. The molecule has 1 N–H and O–H groups in total. The predicted octanol–water partition coefficient (Wildman–Crippen LogP) is 1.76. The number of hydrogen-bond donors (Lipinski definition) is 1. The highest BCUT2D eigenvalue weighted by Gasteiger charge is 2.34. The van der Waals surface area contributed by atoms with Gasteiger partial charge in [0.15, 0.2) is 0 Å². The van der Waals surface area contributed by atoms with Gasteiger partial charge >= 0.3 is 6.09 Å². The van der Waals surface area contributed by atoms with Crippen molar-refractivity contribution in [1.82, 2.24) is 14.7 Å². The smallest absolute Gasteiger partial charge is 0.410 e. The van der Waals surface area contributed by atoms with E-state index in [-0.39, 0.29) is 11.7 Å². The average molecular weight is 265 g/mol. The normalized spacial score (nSPS) is 18.6. The number of carbonyl (C=O) groups is 1. The molecule has 6 nitrogen and oxygen atoms in total. The second-order valence-corrected chi connectivity index (χ2v) is 6.31. The molecule has 0 unspecified atom stereocenters. The number of carbonyl (C=O) groups excluding carboxylic acids is 1. The van der Waals surface area contributed by atoms with Crippen LogP contribution in [0.15, 0.2) is 4.79 Å². The zero-order valence-electron chi connectivity index (χ0n) is 11.5. The van der Waals surface area contributed by atoms with Crippen LogP contribution in [0.4, 0.5) is 4.79 Å². The molecule has 1 aromatic heterocycles. The van der Waals surface area contributed by atoms with E-state index in [1.807, 2.05) is 20.8 Å². The Bertz CT molecular complexity index is 575. The number of nitrogens with zero attached hydrogens (tertiary/aromatic N) is 2. The van der Waals surface area contributed by atoms with Gasteiger partial charge in [-0.25, -0.2) is 9.48 Å². The Kier molecular flexibility index (Phi) is 2.52. The minimum Gasteiger partial charge on any atom is -0.444 e. The molecule has 1 aliphatic carbocycles. The van der Waals surface area contributed by atoms with E-state index in [0.717, 1.165) is 18.5 Å². The molecule has 1 aromatic rings. The summed E-state index contributed by atoms with van der Waals surface area (Å²) in [5.74, 6) is 0. The quantitative estimate of drug-likeness (QED) is 0.841. The van der Waals surface area contributed by atoms with Gasteiger partial charge < -0.3 is 4.74 Å². The molecular weight excluding hydrogens is 246 g/mol. The highest BCUT2D eigenvalue weighted by Crippen LogP contribution is 2.34. The van der Waals surface area contributed by atoms with Crippen molar-refractivity contribution in [1.29, 1.82) is 0 Å². The molecule has 2 heterocycles. The van der Waals surface area contributed by atoms with Gasteiger partial charge in [0.1, 0.15) is 5.60 Å². The van der Waals surface area contributed by atoms with E-state index in [4.69, 9.17) is 4.74 Å². The molecule has 104 valence electrons. The fourth-order valence-electron chi connectivity index (χ4n) is 2.32. The van der Waals surface area contributed by atoms with Crippen LogP contribution in [-0.2, 0) is 17.8 Å². The predicted molar refractivity (Wildman–Crippen MR) is 68.8 cm³/mol. The molecule has 2 aliphatic rings. The molecule has 3 rings (SSSR count). The van der Waals surface area contributed by atoms with Gasteiger partial charge in [0.25, 0.3) is 5.56 Å². The number of aromatic amines is 1. The van der Waals surface area contributed by atoms with Gasteiger partial charge in [-0.1, -0.05) is 0 Å². The summed E-state index contributed by atoms with van der Waals surface area (Å²) in [7, 11) is 0. The number of fused-ring (bicyclic) bond motifs is 1. The van der Waals surface area contributed by atoms with Gasteiger partial charge in [-0.2, -0.15) is 0 Å². The van der Waals surface area contributed by atoms with Crippen molar-refractivity contribution in [2.24, 2.45) is 0 Å². The van der Waals surface area contributed by atoms with Gasteiger partial charge in [-0.15, -0.1) is 0 Å². The Morgan fingerprint density at radius 3 is 2.53 bits per heavy atom. The molecule has 19 heavy (non-hydrogen) atoms. The fraction of sp³-hybridized carbons (Fsp3) is 0.692. The Labute approximate surface area is 111 Å². The van der Waals surface area contributed by atoms with E-state index in [1.165, 1.54) is 0 Å². The molecule has 0 spiro atoms. The Hall–Kier alpha value is -1.72. The highest BCUT2D eigenvalue weighted by atomic mass is 16.6. The summed E-state index contributed by atoms with van der Waals surface area (Å²) in [6.45, 7) is 6.28. The summed E-state index contributed by atoms with van der Waals surface area (Å²) in [4.78, 5) is 25.7. The van der Waals surface area contributed by atoms with E-state index in [1.54, 1.807) is 9.58 Å². The Morgan fingerprint density at radius 2 is 2.00 bits per heavy atom. The summed E-state index contributed by atoms with van der Waals surface area (Å²) in [5, 5.41) is 3.13.